The van der Waals surface area contributed by atoms with Crippen molar-refractivity contribution in [3.8, 4) is 5.88 Å². The zero-order chi connectivity index (χ0) is 21.1. The molecule has 0 aliphatic carbocycles. The van der Waals surface area contributed by atoms with Crippen molar-refractivity contribution >= 4 is 33.9 Å². The molecule has 5 heteroatoms. The molecular formula is C25H24ClN3O. The number of nitrogens with zero attached hydrogens (tertiary/aromatic N) is 2. The molecule has 0 spiro atoms. The number of hydrogen-bond acceptors (Lipinski definition) is 3. The first-order valence-corrected chi connectivity index (χ1v) is 10.3. The van der Waals surface area contributed by atoms with E-state index in [4.69, 9.17) is 16.6 Å². The van der Waals surface area contributed by atoms with Crippen LogP contribution in [0.1, 0.15) is 16.7 Å². The van der Waals surface area contributed by atoms with Gasteiger partial charge in [-0.25, -0.2) is 4.99 Å². The molecule has 2 N–H and O–H groups in total. The van der Waals surface area contributed by atoms with Crippen molar-refractivity contribution in [1.82, 2.24) is 9.88 Å². The van der Waals surface area contributed by atoms with Crippen LogP contribution in [0, 0.1) is 0 Å². The number of aromatic amines is 1. The number of benzene rings is 3. The molecule has 0 amide bonds. The van der Waals surface area contributed by atoms with Gasteiger partial charge in [-0.3, -0.25) is 0 Å². The Labute approximate surface area is 181 Å². The van der Waals surface area contributed by atoms with Gasteiger partial charge in [-0.15, -0.1) is 0 Å². The first-order valence-electron chi connectivity index (χ1n) is 9.89. The van der Waals surface area contributed by atoms with Gasteiger partial charge in [0.1, 0.15) is 0 Å². The standard InChI is InChI=1S/C25H24ClN3O/c1-29(2)15-14-17-8-11-20(12-9-17)27-24(18-6-4-3-5-7-18)23-21-13-10-19(26)16-22(21)28-25(23)30/h3-13,16,28,30H,14-15H2,1-2H3. The van der Waals surface area contributed by atoms with Crippen LogP contribution in [0.2, 0.25) is 5.02 Å². The van der Waals surface area contributed by atoms with E-state index < -0.39 is 0 Å². The number of fused-ring (bicyclic) bond motifs is 1. The van der Waals surface area contributed by atoms with E-state index in [1.807, 2.05) is 60.7 Å². The fourth-order valence-electron chi connectivity index (χ4n) is 3.47. The highest BCUT2D eigenvalue weighted by atomic mass is 35.5. The lowest BCUT2D eigenvalue weighted by molar-refractivity contribution is 0.413. The lowest BCUT2D eigenvalue weighted by Crippen LogP contribution is -2.14. The fourth-order valence-corrected chi connectivity index (χ4v) is 3.65. The van der Waals surface area contributed by atoms with Crippen molar-refractivity contribution in [2.45, 2.75) is 6.42 Å². The predicted molar refractivity (Wildman–Crippen MR) is 125 cm³/mol. The summed E-state index contributed by atoms with van der Waals surface area (Å²) in [5, 5.41) is 12.2. The second-order valence-electron chi connectivity index (χ2n) is 7.58. The van der Waals surface area contributed by atoms with E-state index in [9.17, 15) is 5.11 Å². The van der Waals surface area contributed by atoms with Crippen LogP contribution in [-0.2, 0) is 6.42 Å². The third kappa shape index (κ3) is 4.40. The number of hydrogen-bond donors (Lipinski definition) is 2. The van der Waals surface area contributed by atoms with Crippen molar-refractivity contribution in [3.05, 3.63) is 94.5 Å². The van der Waals surface area contributed by atoms with Gasteiger partial charge in [-0.1, -0.05) is 60.1 Å². The van der Waals surface area contributed by atoms with Crippen LogP contribution < -0.4 is 0 Å². The molecule has 0 atom stereocenters. The van der Waals surface area contributed by atoms with Crippen LogP contribution in [0.4, 0.5) is 5.69 Å². The zero-order valence-electron chi connectivity index (χ0n) is 17.1. The molecule has 0 aliphatic heterocycles. The highest BCUT2D eigenvalue weighted by Gasteiger charge is 2.18. The predicted octanol–water partition coefficient (Wildman–Crippen LogP) is 5.80. The van der Waals surface area contributed by atoms with Crippen LogP contribution in [-0.4, -0.2) is 41.3 Å². The minimum absolute atomic E-state index is 0.0810. The second kappa shape index (κ2) is 8.74. The minimum Gasteiger partial charge on any atom is -0.494 e. The summed E-state index contributed by atoms with van der Waals surface area (Å²) in [6.07, 6.45) is 0.993. The average Bonchev–Trinajstić information content (AvgIpc) is 3.06. The second-order valence-corrected chi connectivity index (χ2v) is 8.02. The molecule has 4 nitrogen and oxygen atoms in total. The molecule has 152 valence electrons. The third-order valence-electron chi connectivity index (χ3n) is 5.05. The zero-order valence-corrected chi connectivity index (χ0v) is 17.8. The number of halogens is 1. The smallest absolute Gasteiger partial charge is 0.199 e. The van der Waals surface area contributed by atoms with E-state index in [2.05, 4.69) is 36.1 Å². The molecule has 0 fully saturated rings. The first-order chi connectivity index (χ1) is 14.5. The van der Waals surface area contributed by atoms with E-state index in [0.717, 1.165) is 35.1 Å². The van der Waals surface area contributed by atoms with Gasteiger partial charge in [0.05, 0.1) is 22.5 Å². The summed E-state index contributed by atoms with van der Waals surface area (Å²) in [7, 11) is 4.15. The number of aliphatic imine (C=N–C) groups is 1. The molecule has 0 saturated carbocycles. The van der Waals surface area contributed by atoms with Gasteiger partial charge in [0.25, 0.3) is 0 Å². The van der Waals surface area contributed by atoms with Gasteiger partial charge in [0, 0.05) is 22.5 Å². The Morgan fingerprint density at radius 1 is 1.00 bits per heavy atom. The Balaban J connectivity index is 1.80. The maximum Gasteiger partial charge on any atom is 0.199 e. The van der Waals surface area contributed by atoms with E-state index in [1.54, 1.807) is 0 Å². The van der Waals surface area contributed by atoms with Gasteiger partial charge in [0.2, 0.25) is 0 Å². The summed E-state index contributed by atoms with van der Waals surface area (Å²) in [6, 6.07) is 23.7. The molecule has 3 aromatic carbocycles. The topological polar surface area (TPSA) is 51.6 Å². The number of rotatable bonds is 6. The van der Waals surface area contributed by atoms with E-state index in [-0.39, 0.29) is 5.88 Å². The molecule has 1 aromatic heterocycles. The molecule has 4 aromatic rings. The Hall–Kier alpha value is -3.08. The monoisotopic (exact) mass is 417 g/mol. The Kier molecular flexibility index (Phi) is 5.88. The summed E-state index contributed by atoms with van der Waals surface area (Å²) < 4.78 is 0. The summed E-state index contributed by atoms with van der Waals surface area (Å²) in [5.41, 5.74) is 5.20. The summed E-state index contributed by atoms with van der Waals surface area (Å²) in [6.45, 7) is 1.00. The average molecular weight is 418 g/mol. The maximum atomic E-state index is 10.7. The van der Waals surface area contributed by atoms with Crippen LogP contribution in [0.25, 0.3) is 10.9 Å². The highest BCUT2D eigenvalue weighted by Crippen LogP contribution is 2.32. The number of aromatic hydroxyl groups is 1. The maximum absolute atomic E-state index is 10.7. The van der Waals surface area contributed by atoms with Crippen molar-refractivity contribution in [2.75, 3.05) is 20.6 Å². The summed E-state index contributed by atoms with van der Waals surface area (Å²) >= 11 is 6.13. The SMILES string of the molecule is CN(C)CCc1ccc(N=C(c2ccccc2)c2c(O)[nH]c3cc(Cl)ccc23)cc1. The number of aromatic nitrogens is 1. The van der Waals surface area contributed by atoms with Crippen molar-refractivity contribution in [3.63, 3.8) is 0 Å². The molecular weight excluding hydrogens is 394 g/mol. The summed E-state index contributed by atoms with van der Waals surface area (Å²) in [5.74, 6) is 0.0810. The van der Waals surface area contributed by atoms with Gasteiger partial charge in [-0.05, 0) is 50.3 Å². The molecule has 30 heavy (non-hydrogen) atoms. The molecule has 0 radical (unpaired) electrons. The van der Waals surface area contributed by atoms with Gasteiger partial charge in [0.15, 0.2) is 5.88 Å². The molecule has 1 heterocycles. The third-order valence-corrected chi connectivity index (χ3v) is 5.28. The largest absolute Gasteiger partial charge is 0.494 e. The minimum atomic E-state index is 0.0810. The fraction of sp³-hybridized carbons (Fsp3) is 0.160. The van der Waals surface area contributed by atoms with Crippen LogP contribution in [0.5, 0.6) is 5.88 Å². The van der Waals surface area contributed by atoms with Gasteiger partial charge in [-0.2, -0.15) is 0 Å². The van der Waals surface area contributed by atoms with E-state index >= 15 is 0 Å². The van der Waals surface area contributed by atoms with Crippen molar-refractivity contribution in [1.29, 1.82) is 0 Å². The number of likely N-dealkylation sites (N-methyl/N-ethyl adjacent to an activating group) is 1. The first kappa shape index (κ1) is 20.2. The van der Waals surface area contributed by atoms with Gasteiger partial charge < -0.3 is 15.0 Å². The molecule has 0 unspecified atom stereocenters. The molecule has 0 bridgehead atoms. The Morgan fingerprint density at radius 2 is 1.73 bits per heavy atom. The van der Waals surface area contributed by atoms with Crippen molar-refractivity contribution < 1.29 is 5.11 Å². The molecule has 0 saturated heterocycles. The van der Waals surface area contributed by atoms with Crippen LogP contribution in [0.15, 0.2) is 77.8 Å². The van der Waals surface area contributed by atoms with E-state index in [0.29, 0.717) is 16.3 Å². The van der Waals surface area contributed by atoms with Gasteiger partial charge >= 0.3 is 0 Å². The van der Waals surface area contributed by atoms with Crippen molar-refractivity contribution in [2.24, 2.45) is 4.99 Å². The normalized spacial score (nSPS) is 12.1. The summed E-state index contributed by atoms with van der Waals surface area (Å²) in [4.78, 5) is 10.1. The lowest BCUT2D eigenvalue weighted by Gasteiger charge is -2.10. The Morgan fingerprint density at radius 3 is 2.43 bits per heavy atom. The van der Waals surface area contributed by atoms with E-state index in [1.165, 1.54) is 5.56 Å². The quantitative estimate of drug-likeness (QED) is 0.389. The Bertz CT molecular complexity index is 1180. The molecule has 0 aliphatic rings. The number of nitrogens with one attached hydrogen (secondary N) is 1. The molecule has 4 rings (SSSR count). The highest BCUT2D eigenvalue weighted by molar-refractivity contribution is 6.31. The lowest BCUT2D eigenvalue weighted by atomic mass is 10.0. The van der Waals surface area contributed by atoms with Crippen LogP contribution in [0.3, 0.4) is 0 Å². The van der Waals surface area contributed by atoms with Crippen LogP contribution >= 0.6 is 11.6 Å². The number of H-pyrrole nitrogens is 1.